The van der Waals surface area contributed by atoms with Crippen molar-refractivity contribution >= 4 is 5.97 Å². The van der Waals surface area contributed by atoms with E-state index in [2.05, 4.69) is 67.5 Å². The van der Waals surface area contributed by atoms with Crippen LogP contribution in [0.15, 0.2) is 23.3 Å². The fourth-order valence-corrected chi connectivity index (χ4v) is 13.0. The number of esters is 1. The van der Waals surface area contributed by atoms with E-state index in [-0.39, 0.29) is 39.9 Å². The van der Waals surface area contributed by atoms with Gasteiger partial charge in [0.15, 0.2) is 18.7 Å². The van der Waals surface area contributed by atoms with Crippen molar-refractivity contribution in [1.82, 2.24) is 0 Å². The van der Waals surface area contributed by atoms with E-state index in [9.17, 15) is 40.5 Å². The lowest BCUT2D eigenvalue weighted by molar-refractivity contribution is -0.374. The normalized spacial score (nSPS) is 53.6. The van der Waals surface area contributed by atoms with Crippen molar-refractivity contribution in [1.29, 1.82) is 0 Å². The highest BCUT2D eigenvalue weighted by Gasteiger charge is 2.70. The summed E-state index contributed by atoms with van der Waals surface area (Å²) in [5.74, 6) is -0.946. The molecule has 0 aromatic carbocycles. The molecule has 56 heavy (non-hydrogen) atoms. The SMILES string of the molecule is COC(=O)C1OC(OC2CC(O)C3(C)C(CCC4(C)C3C=CC3=C5CC(C)(C)CC(O)C5(C)CCC34C)C2(C)C)C(OC2OC(C)C(O)C(O)C2O)C(O)C1O. The van der Waals surface area contributed by atoms with Gasteiger partial charge in [-0.1, -0.05) is 73.1 Å². The molecule has 0 bridgehead atoms. The molecule has 7 rings (SSSR count). The van der Waals surface area contributed by atoms with Gasteiger partial charge in [-0.05, 0) is 84.5 Å². The zero-order valence-corrected chi connectivity index (χ0v) is 34.8. The van der Waals surface area contributed by atoms with Crippen LogP contribution in [0.1, 0.15) is 107 Å². The predicted molar refractivity (Wildman–Crippen MR) is 202 cm³/mol. The first-order valence-electron chi connectivity index (χ1n) is 20.8. The lowest BCUT2D eigenvalue weighted by Crippen LogP contribution is -2.69. The second-order valence-electron chi connectivity index (χ2n) is 20.8. The van der Waals surface area contributed by atoms with Crippen molar-refractivity contribution in [2.45, 2.75) is 187 Å². The number of carbonyl (C=O) groups is 1. The number of aliphatic hydroxyl groups excluding tert-OH is 7. The van der Waals surface area contributed by atoms with Crippen LogP contribution < -0.4 is 0 Å². The molecule has 0 aromatic rings. The molecule has 0 amide bonds. The van der Waals surface area contributed by atoms with E-state index >= 15 is 0 Å². The van der Waals surface area contributed by atoms with E-state index in [4.69, 9.17) is 23.7 Å². The molecule has 13 nitrogen and oxygen atoms in total. The van der Waals surface area contributed by atoms with Crippen LogP contribution >= 0.6 is 0 Å². The molecule has 2 aliphatic heterocycles. The molecule has 19 unspecified atom stereocenters. The number of carbonyl (C=O) groups excluding carboxylic acids is 1. The number of ether oxygens (including phenoxy) is 5. The van der Waals surface area contributed by atoms with Crippen molar-refractivity contribution in [2.24, 2.45) is 44.3 Å². The monoisotopic (exact) mass is 792 g/mol. The highest BCUT2D eigenvalue weighted by molar-refractivity contribution is 5.75. The van der Waals surface area contributed by atoms with E-state index < -0.39 is 96.5 Å². The van der Waals surface area contributed by atoms with E-state index in [1.165, 1.54) is 18.1 Å². The molecule has 3 saturated carbocycles. The van der Waals surface area contributed by atoms with Gasteiger partial charge in [0.25, 0.3) is 0 Å². The fourth-order valence-electron chi connectivity index (χ4n) is 13.0. The molecule has 19 atom stereocenters. The summed E-state index contributed by atoms with van der Waals surface area (Å²) in [5, 5.41) is 77.9. The fraction of sp³-hybridized carbons (Fsp3) is 0.884. The number of rotatable bonds is 5. The third-order valence-electron chi connectivity index (χ3n) is 16.9. The van der Waals surface area contributed by atoms with Crippen LogP contribution in [0, 0.1) is 44.3 Å². The maximum Gasteiger partial charge on any atom is 0.337 e. The van der Waals surface area contributed by atoms with Gasteiger partial charge in [0, 0.05) is 17.3 Å². The smallest absolute Gasteiger partial charge is 0.337 e. The highest BCUT2D eigenvalue weighted by Crippen LogP contribution is 2.74. The van der Waals surface area contributed by atoms with Gasteiger partial charge in [0.2, 0.25) is 0 Å². The van der Waals surface area contributed by atoms with Gasteiger partial charge < -0.3 is 59.4 Å². The Labute approximate surface area is 331 Å². The minimum absolute atomic E-state index is 0.00412. The molecule has 5 aliphatic carbocycles. The van der Waals surface area contributed by atoms with Gasteiger partial charge in [-0.2, -0.15) is 0 Å². The number of fused-ring (bicyclic) bond motifs is 6. The number of allylic oxidation sites excluding steroid dienone is 3. The molecule has 318 valence electrons. The first-order chi connectivity index (χ1) is 25.9. The lowest BCUT2D eigenvalue weighted by atomic mass is 9.35. The Morgan fingerprint density at radius 2 is 1.46 bits per heavy atom. The first-order valence-corrected chi connectivity index (χ1v) is 20.8. The predicted octanol–water partition coefficient (Wildman–Crippen LogP) is 2.89. The zero-order valence-electron chi connectivity index (χ0n) is 34.8. The molecular formula is C43H68O13. The van der Waals surface area contributed by atoms with E-state index in [0.717, 1.165) is 45.6 Å². The molecule has 7 aliphatic rings. The topological polar surface area (TPSA) is 205 Å². The largest absolute Gasteiger partial charge is 0.467 e. The third-order valence-corrected chi connectivity index (χ3v) is 16.9. The summed E-state index contributed by atoms with van der Waals surface area (Å²) in [5.41, 5.74) is 1.02. The van der Waals surface area contributed by atoms with E-state index in [0.29, 0.717) is 0 Å². The van der Waals surface area contributed by atoms with Gasteiger partial charge in [0.05, 0.1) is 31.5 Å². The molecule has 2 saturated heterocycles. The zero-order chi connectivity index (χ0) is 41.3. The number of hydrogen-bond acceptors (Lipinski definition) is 13. The molecular weight excluding hydrogens is 724 g/mol. The van der Waals surface area contributed by atoms with E-state index in [1.807, 2.05) is 0 Å². The Morgan fingerprint density at radius 1 is 0.786 bits per heavy atom. The molecule has 5 fully saturated rings. The summed E-state index contributed by atoms with van der Waals surface area (Å²) in [6, 6.07) is 0. The van der Waals surface area contributed by atoms with Gasteiger partial charge >= 0.3 is 5.97 Å². The second-order valence-corrected chi connectivity index (χ2v) is 20.8. The summed E-state index contributed by atoms with van der Waals surface area (Å²) >= 11 is 0. The van der Waals surface area contributed by atoms with Crippen molar-refractivity contribution in [2.75, 3.05) is 7.11 Å². The average molecular weight is 793 g/mol. The summed E-state index contributed by atoms with van der Waals surface area (Å²) in [6.07, 6.45) is -7.17. The minimum Gasteiger partial charge on any atom is -0.467 e. The number of methoxy groups -OCH3 is 1. The molecule has 7 N–H and O–H groups in total. The lowest BCUT2D eigenvalue weighted by Gasteiger charge is -2.70. The third kappa shape index (κ3) is 6.07. The second kappa shape index (κ2) is 14.0. The molecule has 13 heteroatoms. The Morgan fingerprint density at radius 3 is 2.12 bits per heavy atom. The van der Waals surface area contributed by atoms with Crippen LogP contribution in [-0.2, 0) is 28.5 Å². The molecule has 0 radical (unpaired) electrons. The van der Waals surface area contributed by atoms with E-state index in [1.54, 1.807) is 0 Å². The Bertz CT molecular complexity index is 1590. The Hall–Kier alpha value is -1.49. The van der Waals surface area contributed by atoms with Gasteiger partial charge in [-0.15, -0.1) is 0 Å². The van der Waals surface area contributed by atoms with Crippen molar-refractivity contribution < 1.29 is 64.2 Å². The maximum atomic E-state index is 12.8. The van der Waals surface area contributed by atoms with Crippen molar-refractivity contribution in [3.8, 4) is 0 Å². The highest BCUT2D eigenvalue weighted by atomic mass is 16.8. The minimum atomic E-state index is -1.80. The summed E-state index contributed by atoms with van der Waals surface area (Å²) in [4.78, 5) is 12.8. The van der Waals surface area contributed by atoms with Crippen molar-refractivity contribution in [3.05, 3.63) is 23.3 Å². The van der Waals surface area contributed by atoms with Gasteiger partial charge in [0.1, 0.15) is 36.6 Å². The molecule has 0 spiro atoms. The standard InChI is InChI=1S/C43H68O13/c1-20-28(46)29(47)32(50)36(53-20)56-34-31(49)30(48)33(35(51)52-10)55-37(34)54-27-17-25(44)43(9)23(39(27,4)5)13-14-42(8)24(43)12-11-21-22-18-38(2,3)19-26(45)40(22,6)15-16-41(21,42)7/h11-12,20,23-34,36-37,44-50H,13-19H2,1-10H3. The maximum absolute atomic E-state index is 12.8. The van der Waals surface area contributed by atoms with Crippen LogP contribution in [0.4, 0.5) is 0 Å². The van der Waals surface area contributed by atoms with Crippen LogP contribution in [0.5, 0.6) is 0 Å². The molecule has 0 aromatic heterocycles. The van der Waals surface area contributed by atoms with Crippen LogP contribution in [0.3, 0.4) is 0 Å². The molecule has 2 heterocycles. The van der Waals surface area contributed by atoms with Crippen LogP contribution in [-0.4, -0.2) is 129 Å². The quantitative estimate of drug-likeness (QED) is 0.158. The summed E-state index contributed by atoms with van der Waals surface area (Å²) in [6.45, 7) is 19.5. The van der Waals surface area contributed by atoms with Crippen LogP contribution in [0.25, 0.3) is 0 Å². The number of hydrogen-bond donors (Lipinski definition) is 7. The summed E-state index contributed by atoms with van der Waals surface area (Å²) < 4.78 is 29.3. The first kappa shape index (κ1) is 42.6. The van der Waals surface area contributed by atoms with Crippen molar-refractivity contribution in [3.63, 3.8) is 0 Å². The Balaban J connectivity index is 1.20. The van der Waals surface area contributed by atoms with Gasteiger partial charge in [-0.25, -0.2) is 4.79 Å². The Kier molecular flexibility index (Phi) is 10.7. The van der Waals surface area contributed by atoms with Crippen LogP contribution in [0.2, 0.25) is 0 Å². The number of aliphatic hydroxyl groups is 7. The average Bonchev–Trinajstić information content (AvgIpc) is 3.12. The van der Waals surface area contributed by atoms with Gasteiger partial charge in [-0.3, -0.25) is 0 Å². The summed E-state index contributed by atoms with van der Waals surface area (Å²) in [7, 11) is 1.13.